The summed E-state index contributed by atoms with van der Waals surface area (Å²) in [4.78, 5) is 0. The van der Waals surface area contributed by atoms with Gasteiger partial charge in [-0.1, -0.05) is 46.3 Å². The van der Waals surface area contributed by atoms with Crippen LogP contribution in [0.4, 0.5) is 5.69 Å². The molecule has 0 aliphatic rings. The Morgan fingerprint density at radius 2 is 1.89 bits per heavy atom. The minimum absolute atomic E-state index is 0.659. The van der Waals surface area contributed by atoms with E-state index >= 15 is 0 Å². The first-order chi connectivity index (χ1) is 8.78. The van der Waals surface area contributed by atoms with Crippen molar-refractivity contribution < 1.29 is 0 Å². The number of nitriles is 1. The molecule has 0 amide bonds. The lowest BCUT2D eigenvalue weighted by molar-refractivity contribution is 1.02. The topological polar surface area (TPSA) is 35.8 Å². The van der Waals surface area contributed by atoms with Crippen LogP contribution in [0.3, 0.4) is 0 Å². The number of nitrogens with zero attached hydrogens (tertiary/aromatic N) is 1. The second-order valence-electron chi connectivity index (χ2n) is 4.00. The lowest BCUT2D eigenvalue weighted by Gasteiger charge is -2.07. The first-order valence-electron chi connectivity index (χ1n) is 5.76. The molecule has 90 valence electrons. The van der Waals surface area contributed by atoms with Gasteiger partial charge in [0.15, 0.2) is 0 Å². The molecular formula is C15H13BrN2. The fraction of sp³-hybridized carbons (Fsp3) is 0.133. The Hall–Kier alpha value is -1.79. The molecule has 1 N–H and O–H groups in total. The molecule has 0 radical (unpaired) electrons. The zero-order valence-corrected chi connectivity index (χ0v) is 11.4. The van der Waals surface area contributed by atoms with Crippen LogP contribution in [0.1, 0.15) is 11.1 Å². The molecule has 0 aromatic heterocycles. The Kier molecular flexibility index (Phi) is 4.38. The molecule has 0 fully saturated rings. The van der Waals surface area contributed by atoms with Gasteiger partial charge in [0.1, 0.15) is 0 Å². The summed E-state index contributed by atoms with van der Waals surface area (Å²) in [6.45, 7) is 0.853. The largest absolute Gasteiger partial charge is 0.385 e. The van der Waals surface area contributed by atoms with Crippen LogP contribution in [0.25, 0.3) is 0 Å². The minimum atomic E-state index is 0.659. The first-order valence-corrected chi connectivity index (χ1v) is 6.56. The Bertz CT molecular complexity index is 558. The van der Waals surface area contributed by atoms with Crippen LogP contribution in [0, 0.1) is 11.3 Å². The van der Waals surface area contributed by atoms with Crippen LogP contribution < -0.4 is 5.32 Å². The minimum Gasteiger partial charge on any atom is -0.385 e. The van der Waals surface area contributed by atoms with Gasteiger partial charge in [0.2, 0.25) is 0 Å². The average molecular weight is 301 g/mol. The van der Waals surface area contributed by atoms with Crippen molar-refractivity contribution in [3.8, 4) is 6.07 Å². The molecule has 0 heterocycles. The van der Waals surface area contributed by atoms with Gasteiger partial charge in [-0.3, -0.25) is 0 Å². The van der Waals surface area contributed by atoms with E-state index < -0.39 is 0 Å². The monoisotopic (exact) mass is 300 g/mol. The van der Waals surface area contributed by atoms with E-state index in [0.717, 1.165) is 23.1 Å². The van der Waals surface area contributed by atoms with Gasteiger partial charge in [0, 0.05) is 16.7 Å². The van der Waals surface area contributed by atoms with E-state index in [9.17, 15) is 0 Å². The number of hydrogen-bond donors (Lipinski definition) is 1. The van der Waals surface area contributed by atoms with Crippen LogP contribution in [-0.4, -0.2) is 6.54 Å². The van der Waals surface area contributed by atoms with Crippen molar-refractivity contribution in [2.45, 2.75) is 6.42 Å². The molecule has 2 nitrogen and oxygen atoms in total. The highest BCUT2D eigenvalue weighted by atomic mass is 79.9. The molecule has 3 heteroatoms. The lowest BCUT2D eigenvalue weighted by Crippen LogP contribution is -2.04. The van der Waals surface area contributed by atoms with Crippen molar-refractivity contribution in [1.82, 2.24) is 0 Å². The third kappa shape index (κ3) is 3.61. The molecule has 0 spiro atoms. The number of benzene rings is 2. The lowest BCUT2D eigenvalue weighted by atomic mass is 10.1. The van der Waals surface area contributed by atoms with Crippen LogP contribution in [0.15, 0.2) is 53.0 Å². The van der Waals surface area contributed by atoms with Gasteiger partial charge in [-0.25, -0.2) is 0 Å². The fourth-order valence-corrected chi connectivity index (χ4v) is 2.25. The molecule has 18 heavy (non-hydrogen) atoms. The van der Waals surface area contributed by atoms with Gasteiger partial charge >= 0.3 is 0 Å². The highest BCUT2D eigenvalue weighted by Crippen LogP contribution is 2.19. The normalized spacial score (nSPS) is 9.78. The molecule has 2 aromatic carbocycles. The van der Waals surface area contributed by atoms with E-state index in [1.54, 1.807) is 0 Å². The molecule has 2 rings (SSSR count). The maximum atomic E-state index is 8.89. The molecule has 0 aliphatic carbocycles. The zero-order chi connectivity index (χ0) is 12.8. The molecule has 0 aliphatic heterocycles. The summed E-state index contributed by atoms with van der Waals surface area (Å²) in [6, 6.07) is 18.1. The van der Waals surface area contributed by atoms with Crippen molar-refractivity contribution in [3.05, 3.63) is 64.1 Å². The average Bonchev–Trinajstić information content (AvgIpc) is 2.39. The summed E-state index contributed by atoms with van der Waals surface area (Å²) in [7, 11) is 0. The number of anilines is 1. The predicted octanol–water partition coefficient (Wildman–Crippen LogP) is 3.98. The molecular weight excluding hydrogens is 288 g/mol. The van der Waals surface area contributed by atoms with Crippen LogP contribution >= 0.6 is 15.9 Å². The van der Waals surface area contributed by atoms with Gasteiger partial charge in [-0.2, -0.15) is 5.26 Å². The third-order valence-corrected chi connectivity index (χ3v) is 3.07. The van der Waals surface area contributed by atoms with E-state index in [1.165, 1.54) is 5.56 Å². The molecule has 0 bridgehead atoms. The Balaban J connectivity index is 1.95. The van der Waals surface area contributed by atoms with E-state index in [-0.39, 0.29) is 0 Å². The molecule has 0 unspecified atom stereocenters. The summed E-state index contributed by atoms with van der Waals surface area (Å²) in [6.07, 6.45) is 0.968. The summed E-state index contributed by atoms with van der Waals surface area (Å²) in [5, 5.41) is 12.2. The highest BCUT2D eigenvalue weighted by Gasteiger charge is 1.98. The quantitative estimate of drug-likeness (QED) is 0.927. The van der Waals surface area contributed by atoms with Gasteiger partial charge < -0.3 is 5.32 Å². The maximum Gasteiger partial charge on any atom is 0.0992 e. The number of halogens is 1. The highest BCUT2D eigenvalue weighted by molar-refractivity contribution is 9.10. The van der Waals surface area contributed by atoms with E-state index in [1.807, 2.05) is 36.4 Å². The summed E-state index contributed by atoms with van der Waals surface area (Å²) in [5.74, 6) is 0. The Morgan fingerprint density at radius 1 is 1.11 bits per heavy atom. The van der Waals surface area contributed by atoms with E-state index in [0.29, 0.717) is 5.56 Å². The van der Waals surface area contributed by atoms with Crippen LogP contribution in [0.2, 0.25) is 0 Å². The summed E-state index contributed by atoms with van der Waals surface area (Å²) >= 11 is 3.40. The number of rotatable bonds is 4. The zero-order valence-electron chi connectivity index (χ0n) is 9.86. The summed E-state index contributed by atoms with van der Waals surface area (Å²) in [5.41, 5.74) is 2.93. The SMILES string of the molecule is N#Cc1cc(Br)cc(NCCc2ccccc2)c1. The fourth-order valence-electron chi connectivity index (χ4n) is 1.75. The van der Waals surface area contributed by atoms with Gasteiger partial charge in [-0.15, -0.1) is 0 Å². The predicted molar refractivity (Wildman–Crippen MR) is 77.5 cm³/mol. The van der Waals surface area contributed by atoms with Gasteiger partial charge in [-0.05, 0) is 30.2 Å². The Labute approximate surface area is 115 Å². The van der Waals surface area contributed by atoms with Crippen molar-refractivity contribution in [3.63, 3.8) is 0 Å². The molecule has 0 atom stereocenters. The van der Waals surface area contributed by atoms with E-state index in [4.69, 9.17) is 5.26 Å². The Morgan fingerprint density at radius 3 is 2.61 bits per heavy atom. The van der Waals surface area contributed by atoms with Crippen molar-refractivity contribution in [2.75, 3.05) is 11.9 Å². The molecule has 0 saturated heterocycles. The van der Waals surface area contributed by atoms with Crippen molar-refractivity contribution in [2.24, 2.45) is 0 Å². The van der Waals surface area contributed by atoms with Gasteiger partial charge in [0.05, 0.1) is 11.6 Å². The number of hydrogen-bond acceptors (Lipinski definition) is 2. The number of nitrogens with one attached hydrogen (secondary N) is 1. The molecule has 0 saturated carbocycles. The third-order valence-electron chi connectivity index (χ3n) is 2.61. The van der Waals surface area contributed by atoms with Crippen molar-refractivity contribution >= 4 is 21.6 Å². The smallest absolute Gasteiger partial charge is 0.0992 e. The standard InChI is InChI=1S/C15H13BrN2/c16-14-8-13(11-17)9-15(10-14)18-7-6-12-4-2-1-3-5-12/h1-5,8-10,18H,6-7H2. The maximum absolute atomic E-state index is 8.89. The first kappa shape index (κ1) is 12.7. The second-order valence-corrected chi connectivity index (χ2v) is 4.92. The van der Waals surface area contributed by atoms with Crippen LogP contribution in [0.5, 0.6) is 0 Å². The molecule has 2 aromatic rings. The van der Waals surface area contributed by atoms with Crippen LogP contribution in [-0.2, 0) is 6.42 Å². The summed E-state index contributed by atoms with van der Waals surface area (Å²) < 4.78 is 0.920. The van der Waals surface area contributed by atoms with Gasteiger partial charge in [0.25, 0.3) is 0 Å². The van der Waals surface area contributed by atoms with E-state index in [2.05, 4.69) is 39.4 Å². The second kappa shape index (κ2) is 6.23. The van der Waals surface area contributed by atoms with Crippen molar-refractivity contribution in [1.29, 1.82) is 5.26 Å².